The van der Waals surface area contributed by atoms with E-state index in [0.29, 0.717) is 5.01 Å². The molecule has 1 saturated carbocycles. The zero-order chi connectivity index (χ0) is 25.7. The van der Waals surface area contributed by atoms with Crippen molar-refractivity contribution in [2.24, 2.45) is 0 Å². The van der Waals surface area contributed by atoms with E-state index in [1.807, 2.05) is 0 Å². The molecule has 34 heavy (non-hydrogen) atoms. The molecule has 0 aromatic heterocycles. The summed E-state index contributed by atoms with van der Waals surface area (Å²) >= 11 is 0. The summed E-state index contributed by atoms with van der Waals surface area (Å²) in [5, 5.41) is 5.12. The zero-order valence-electron chi connectivity index (χ0n) is 18.0. The molecule has 1 heterocycles. The lowest BCUT2D eigenvalue weighted by Gasteiger charge is -2.39. The van der Waals surface area contributed by atoms with Gasteiger partial charge in [0.05, 0.1) is 5.57 Å². The van der Waals surface area contributed by atoms with Crippen LogP contribution < -0.4 is 16.1 Å². The minimum atomic E-state index is -5.59. The molecule has 1 aromatic carbocycles. The summed E-state index contributed by atoms with van der Waals surface area (Å²) in [7, 11) is 0.813. The molecule has 186 valence electrons. The summed E-state index contributed by atoms with van der Waals surface area (Å²) in [4.78, 5) is 25.0. The molecule has 1 aromatic rings. The molecule has 0 bridgehead atoms. The molecule has 1 fully saturated rings. The maximum Gasteiger partial charge on any atom is 0.417 e. The highest BCUT2D eigenvalue weighted by molar-refractivity contribution is 6.05. The number of benzene rings is 1. The molecule has 3 N–H and O–H groups in total. The van der Waals surface area contributed by atoms with Gasteiger partial charge in [0.25, 0.3) is 11.8 Å². The Hall–Kier alpha value is -3.09. The Labute approximate surface area is 189 Å². The molecule has 1 unspecified atom stereocenters. The zero-order valence-corrected chi connectivity index (χ0v) is 18.0. The number of carbonyl (C=O) groups is 2. The number of allylic oxidation sites excluding steroid dienone is 1. The van der Waals surface area contributed by atoms with Gasteiger partial charge in [-0.15, -0.1) is 0 Å². The van der Waals surface area contributed by atoms with Crippen molar-refractivity contribution in [2.45, 2.75) is 49.4 Å². The molecule has 0 spiro atoms. The Morgan fingerprint density at radius 2 is 1.76 bits per heavy atom. The van der Waals surface area contributed by atoms with Crippen molar-refractivity contribution in [3.8, 4) is 0 Å². The van der Waals surface area contributed by atoms with E-state index in [4.69, 9.17) is 0 Å². The number of hydrogen-bond donors (Lipinski definition) is 3. The van der Waals surface area contributed by atoms with E-state index in [9.17, 15) is 40.3 Å². The lowest BCUT2D eigenvalue weighted by Crippen LogP contribution is -2.65. The molecule has 1 aliphatic carbocycles. The third-order valence-electron chi connectivity index (χ3n) is 5.56. The average molecular weight is 494 g/mol. The fourth-order valence-corrected chi connectivity index (χ4v) is 3.65. The number of amides is 2. The van der Waals surface area contributed by atoms with Crippen LogP contribution in [0.4, 0.5) is 36.4 Å². The number of nitrogens with one attached hydrogen (secondary N) is 3. The third-order valence-corrected chi connectivity index (χ3v) is 5.56. The molecule has 6 nitrogen and oxygen atoms in total. The number of alkyl halides is 7. The second-order valence-electron chi connectivity index (χ2n) is 8.20. The van der Waals surface area contributed by atoms with E-state index in [1.54, 1.807) is 5.43 Å². The van der Waals surface area contributed by atoms with Gasteiger partial charge in [-0.2, -0.15) is 30.7 Å². The van der Waals surface area contributed by atoms with E-state index in [1.165, 1.54) is 24.3 Å². The molecular weight excluding hydrogens is 473 g/mol. The fraction of sp³-hybridized carbons (Fsp3) is 0.429. The fourth-order valence-electron chi connectivity index (χ4n) is 3.65. The average Bonchev–Trinajstić information content (AvgIpc) is 3.48. The standard InChI is InChI=1S/C21H21F7N4O2/c1-4-19(22,23)21(27,28)18(2)15(20(24,25)26)14(32(3)31-18)17(34)30-13-7-5-6-11(10-13)16(33)29-12-8-9-12/h4-7,10,12,31H,1,8-9H2,2-3H3,(H,29,33)(H,30,34). The van der Waals surface area contributed by atoms with Crippen LogP contribution in [0.3, 0.4) is 0 Å². The lowest BCUT2D eigenvalue weighted by molar-refractivity contribution is -0.227. The van der Waals surface area contributed by atoms with Gasteiger partial charge in [-0.3, -0.25) is 9.59 Å². The summed E-state index contributed by atoms with van der Waals surface area (Å²) in [5.74, 6) is -12.3. The maximum atomic E-state index is 14.7. The van der Waals surface area contributed by atoms with Crippen molar-refractivity contribution in [3.63, 3.8) is 0 Å². The first-order valence-electron chi connectivity index (χ1n) is 10.00. The maximum absolute atomic E-state index is 14.7. The monoisotopic (exact) mass is 494 g/mol. The van der Waals surface area contributed by atoms with Crippen molar-refractivity contribution in [1.29, 1.82) is 0 Å². The molecule has 2 amide bonds. The van der Waals surface area contributed by atoms with Crippen LogP contribution in [-0.2, 0) is 4.79 Å². The summed E-state index contributed by atoms with van der Waals surface area (Å²) < 4.78 is 99.2. The van der Waals surface area contributed by atoms with Gasteiger partial charge in [0.1, 0.15) is 11.2 Å². The second-order valence-corrected chi connectivity index (χ2v) is 8.20. The topological polar surface area (TPSA) is 73.5 Å². The Bertz CT molecular complexity index is 1050. The van der Waals surface area contributed by atoms with Crippen LogP contribution >= 0.6 is 0 Å². The van der Waals surface area contributed by atoms with Gasteiger partial charge in [0.2, 0.25) is 0 Å². The molecule has 1 atom stereocenters. The molecule has 1 aliphatic heterocycles. The highest BCUT2D eigenvalue weighted by Crippen LogP contribution is 2.53. The van der Waals surface area contributed by atoms with E-state index < -0.39 is 52.7 Å². The molecule has 13 heteroatoms. The van der Waals surface area contributed by atoms with Gasteiger partial charge in [0.15, 0.2) is 0 Å². The Kier molecular flexibility index (Phi) is 6.23. The molecule has 2 aliphatic rings. The van der Waals surface area contributed by atoms with E-state index in [0.717, 1.165) is 19.9 Å². The number of likely N-dealkylation sites (N-methyl/N-ethyl adjacent to an activating group) is 1. The summed E-state index contributed by atoms with van der Waals surface area (Å²) in [6.45, 7) is 2.81. The first-order chi connectivity index (χ1) is 15.5. The number of hydrazine groups is 1. The number of carbonyl (C=O) groups excluding carboxylic acids is 2. The predicted molar refractivity (Wildman–Crippen MR) is 108 cm³/mol. The van der Waals surface area contributed by atoms with Crippen LogP contribution in [0.1, 0.15) is 30.1 Å². The van der Waals surface area contributed by atoms with Crippen LogP contribution in [-0.4, -0.2) is 53.5 Å². The first-order valence-corrected chi connectivity index (χ1v) is 10.00. The van der Waals surface area contributed by atoms with Crippen LogP contribution in [0.15, 0.2) is 48.2 Å². The minimum Gasteiger partial charge on any atom is -0.349 e. The van der Waals surface area contributed by atoms with Crippen molar-refractivity contribution in [3.05, 3.63) is 53.8 Å². The first kappa shape index (κ1) is 25.5. The van der Waals surface area contributed by atoms with Gasteiger partial charge in [-0.05, 0) is 44.0 Å². The molecule has 0 saturated heterocycles. The number of hydrogen-bond acceptors (Lipinski definition) is 4. The minimum absolute atomic E-state index is 0.0245. The van der Waals surface area contributed by atoms with Crippen LogP contribution in [0.5, 0.6) is 0 Å². The van der Waals surface area contributed by atoms with Crippen molar-refractivity contribution in [1.82, 2.24) is 15.8 Å². The van der Waals surface area contributed by atoms with Gasteiger partial charge in [0, 0.05) is 24.3 Å². The highest BCUT2D eigenvalue weighted by Gasteiger charge is 2.73. The predicted octanol–water partition coefficient (Wildman–Crippen LogP) is 4.00. The Balaban J connectivity index is 2.00. The van der Waals surface area contributed by atoms with Gasteiger partial charge >= 0.3 is 18.0 Å². The second kappa shape index (κ2) is 8.29. The largest absolute Gasteiger partial charge is 0.417 e. The van der Waals surface area contributed by atoms with Crippen LogP contribution in [0.25, 0.3) is 0 Å². The van der Waals surface area contributed by atoms with Crippen LogP contribution in [0.2, 0.25) is 0 Å². The summed E-state index contributed by atoms with van der Waals surface area (Å²) in [6.07, 6.45) is -4.43. The van der Waals surface area contributed by atoms with Crippen LogP contribution in [0, 0.1) is 0 Å². The number of anilines is 1. The smallest absolute Gasteiger partial charge is 0.349 e. The van der Waals surface area contributed by atoms with E-state index >= 15 is 0 Å². The molecular formula is C21H21F7N4O2. The Morgan fingerprint density at radius 1 is 1.15 bits per heavy atom. The number of halogens is 7. The van der Waals surface area contributed by atoms with Gasteiger partial charge < -0.3 is 15.6 Å². The van der Waals surface area contributed by atoms with E-state index in [-0.39, 0.29) is 24.2 Å². The lowest BCUT2D eigenvalue weighted by atomic mass is 9.81. The SMILES string of the molecule is C=CC(F)(F)C(F)(F)C1(C)NN(C)C(C(=O)Nc2cccc(C(=O)NC3CC3)c2)=C1C(F)(F)F. The molecule has 0 radical (unpaired) electrons. The third kappa shape index (κ3) is 4.36. The summed E-state index contributed by atoms with van der Waals surface area (Å²) in [6, 6.07) is 5.24. The van der Waals surface area contributed by atoms with Gasteiger partial charge in [-0.1, -0.05) is 12.6 Å². The van der Waals surface area contributed by atoms with Crippen molar-refractivity contribution in [2.75, 3.05) is 12.4 Å². The Morgan fingerprint density at radius 3 is 2.29 bits per heavy atom. The number of rotatable bonds is 7. The quantitative estimate of drug-likeness (QED) is 0.396. The van der Waals surface area contributed by atoms with Crippen molar-refractivity contribution < 1.29 is 40.3 Å². The normalized spacial score (nSPS) is 21.5. The number of nitrogens with zero attached hydrogens (tertiary/aromatic N) is 1. The highest BCUT2D eigenvalue weighted by atomic mass is 19.4. The molecule has 3 rings (SSSR count). The van der Waals surface area contributed by atoms with Gasteiger partial charge in [-0.25, -0.2) is 5.43 Å². The van der Waals surface area contributed by atoms with E-state index in [2.05, 4.69) is 17.2 Å². The summed E-state index contributed by atoms with van der Waals surface area (Å²) in [5.41, 5.74) is -5.55. The van der Waals surface area contributed by atoms with Crippen molar-refractivity contribution >= 4 is 17.5 Å².